The molecule has 0 aliphatic carbocycles. The third kappa shape index (κ3) is 4.05. The Morgan fingerprint density at radius 1 is 1.38 bits per heavy atom. The maximum atomic E-state index is 11.4. The zero-order valence-electron chi connectivity index (χ0n) is 15.0. The number of aryl methyl sites for hydroxylation is 1. The SMILES string of the molecule is CCC(CN1CCc2nc(C)n(Cc3cc(Cl)ccc3Cl)c2C1)C(=O)O. The molecule has 0 bridgehead atoms. The summed E-state index contributed by atoms with van der Waals surface area (Å²) in [5.74, 6) is -0.122. The molecule has 2 heterocycles. The molecule has 26 heavy (non-hydrogen) atoms. The Morgan fingerprint density at radius 3 is 2.85 bits per heavy atom. The molecule has 0 fully saturated rings. The number of hydrogen-bond acceptors (Lipinski definition) is 3. The third-order valence-corrected chi connectivity index (χ3v) is 5.65. The molecule has 1 aliphatic rings. The summed E-state index contributed by atoms with van der Waals surface area (Å²) in [6, 6.07) is 5.47. The van der Waals surface area contributed by atoms with Crippen LogP contribution in [-0.4, -0.2) is 38.6 Å². The molecule has 5 nitrogen and oxygen atoms in total. The predicted octanol–water partition coefficient (Wildman–Crippen LogP) is 4.02. The smallest absolute Gasteiger partial charge is 0.307 e. The summed E-state index contributed by atoms with van der Waals surface area (Å²) >= 11 is 12.5. The summed E-state index contributed by atoms with van der Waals surface area (Å²) in [5, 5.41) is 10.7. The first kappa shape index (κ1) is 19.2. The normalized spacial score (nSPS) is 15.7. The van der Waals surface area contributed by atoms with E-state index in [9.17, 15) is 9.90 Å². The Labute approximate surface area is 163 Å². The second-order valence-electron chi connectivity index (χ2n) is 6.80. The maximum absolute atomic E-state index is 11.4. The highest BCUT2D eigenvalue weighted by atomic mass is 35.5. The van der Waals surface area contributed by atoms with Crippen LogP contribution in [0.3, 0.4) is 0 Å². The van der Waals surface area contributed by atoms with Crippen molar-refractivity contribution in [3.63, 3.8) is 0 Å². The second-order valence-corrected chi connectivity index (χ2v) is 7.65. The van der Waals surface area contributed by atoms with Gasteiger partial charge in [0.2, 0.25) is 0 Å². The molecule has 1 aliphatic heterocycles. The number of aliphatic carboxylic acids is 1. The highest BCUT2D eigenvalue weighted by Crippen LogP contribution is 2.26. The van der Waals surface area contributed by atoms with Gasteiger partial charge in [0.1, 0.15) is 5.82 Å². The highest BCUT2D eigenvalue weighted by Gasteiger charge is 2.26. The fourth-order valence-corrected chi connectivity index (χ4v) is 3.87. The van der Waals surface area contributed by atoms with E-state index < -0.39 is 5.97 Å². The maximum Gasteiger partial charge on any atom is 0.307 e. The van der Waals surface area contributed by atoms with Gasteiger partial charge in [-0.2, -0.15) is 0 Å². The van der Waals surface area contributed by atoms with Gasteiger partial charge in [0, 0.05) is 36.1 Å². The van der Waals surface area contributed by atoms with Gasteiger partial charge in [0.25, 0.3) is 0 Å². The van der Waals surface area contributed by atoms with E-state index in [1.807, 2.05) is 26.0 Å². The second kappa shape index (κ2) is 7.99. The molecule has 1 unspecified atom stereocenters. The van der Waals surface area contributed by atoms with Crippen molar-refractivity contribution in [2.24, 2.45) is 5.92 Å². The molecule has 0 spiro atoms. The highest BCUT2D eigenvalue weighted by molar-refractivity contribution is 6.33. The Bertz CT molecular complexity index is 819. The van der Waals surface area contributed by atoms with Crippen LogP contribution in [0.25, 0.3) is 0 Å². The van der Waals surface area contributed by atoms with E-state index in [1.165, 1.54) is 0 Å². The molecule has 7 heteroatoms. The monoisotopic (exact) mass is 395 g/mol. The molecule has 0 saturated heterocycles. The molecular weight excluding hydrogens is 373 g/mol. The van der Waals surface area contributed by atoms with Crippen molar-refractivity contribution in [1.82, 2.24) is 14.5 Å². The third-order valence-electron chi connectivity index (χ3n) is 5.04. The number of carbonyl (C=O) groups is 1. The van der Waals surface area contributed by atoms with Gasteiger partial charge in [-0.3, -0.25) is 9.69 Å². The number of imidazole rings is 1. The number of rotatable bonds is 6. The number of halogens is 2. The van der Waals surface area contributed by atoms with Gasteiger partial charge >= 0.3 is 5.97 Å². The molecular formula is C19H23Cl2N3O2. The Balaban J connectivity index is 1.84. The zero-order valence-corrected chi connectivity index (χ0v) is 16.5. The zero-order chi connectivity index (χ0) is 18.8. The van der Waals surface area contributed by atoms with Gasteiger partial charge < -0.3 is 9.67 Å². The first-order valence-corrected chi connectivity index (χ1v) is 9.58. The van der Waals surface area contributed by atoms with Crippen molar-refractivity contribution in [3.05, 3.63) is 51.0 Å². The number of carboxylic acids is 1. The van der Waals surface area contributed by atoms with E-state index in [0.717, 1.165) is 35.7 Å². The lowest BCUT2D eigenvalue weighted by Crippen LogP contribution is -2.37. The summed E-state index contributed by atoms with van der Waals surface area (Å²) in [6.07, 6.45) is 1.47. The van der Waals surface area contributed by atoms with E-state index in [4.69, 9.17) is 28.2 Å². The summed E-state index contributed by atoms with van der Waals surface area (Å²) in [5.41, 5.74) is 3.20. The average molecular weight is 396 g/mol. The summed E-state index contributed by atoms with van der Waals surface area (Å²) in [7, 11) is 0. The minimum Gasteiger partial charge on any atom is -0.481 e. The van der Waals surface area contributed by atoms with Crippen molar-refractivity contribution < 1.29 is 9.90 Å². The first-order chi connectivity index (χ1) is 12.4. The molecule has 1 atom stereocenters. The standard InChI is InChI=1S/C19H23Cl2N3O2/c1-3-13(19(25)26)9-23-7-6-17-18(11-23)24(12(2)22-17)10-14-8-15(20)4-5-16(14)21/h4-5,8,13H,3,6-7,9-11H2,1-2H3,(H,25,26). The van der Waals surface area contributed by atoms with E-state index in [2.05, 4.69) is 9.47 Å². The Morgan fingerprint density at radius 2 is 2.15 bits per heavy atom. The lowest BCUT2D eigenvalue weighted by Gasteiger charge is -2.29. The van der Waals surface area contributed by atoms with Crippen LogP contribution < -0.4 is 0 Å². The van der Waals surface area contributed by atoms with Crippen LogP contribution in [-0.2, 0) is 24.3 Å². The molecule has 140 valence electrons. The first-order valence-electron chi connectivity index (χ1n) is 8.83. The van der Waals surface area contributed by atoms with Crippen molar-refractivity contribution >= 4 is 29.2 Å². The summed E-state index contributed by atoms with van der Waals surface area (Å²) < 4.78 is 2.17. The fraction of sp³-hybridized carbons (Fsp3) is 0.474. The number of carboxylic acid groups (broad SMARTS) is 1. The number of aromatic nitrogens is 2. The average Bonchev–Trinajstić information content (AvgIpc) is 2.91. The van der Waals surface area contributed by atoms with Crippen LogP contribution in [0.15, 0.2) is 18.2 Å². The number of nitrogens with zero attached hydrogens (tertiary/aromatic N) is 3. The summed E-state index contributed by atoms with van der Waals surface area (Å²) in [6.45, 7) is 6.63. The molecule has 2 aromatic rings. The largest absolute Gasteiger partial charge is 0.481 e. The number of benzene rings is 1. The topological polar surface area (TPSA) is 58.4 Å². The lowest BCUT2D eigenvalue weighted by molar-refractivity contribution is -0.142. The van der Waals surface area contributed by atoms with Gasteiger partial charge in [-0.15, -0.1) is 0 Å². The molecule has 0 amide bonds. The van der Waals surface area contributed by atoms with E-state index in [1.54, 1.807) is 6.07 Å². The van der Waals surface area contributed by atoms with Gasteiger partial charge in [0.15, 0.2) is 0 Å². The van der Waals surface area contributed by atoms with E-state index in [0.29, 0.717) is 36.1 Å². The van der Waals surface area contributed by atoms with Crippen LogP contribution in [0.2, 0.25) is 10.0 Å². The molecule has 0 saturated carbocycles. The number of hydrogen-bond donors (Lipinski definition) is 1. The fourth-order valence-electron chi connectivity index (χ4n) is 3.50. The van der Waals surface area contributed by atoms with Gasteiger partial charge in [-0.1, -0.05) is 30.1 Å². The molecule has 1 aromatic carbocycles. The van der Waals surface area contributed by atoms with Gasteiger partial charge in [0.05, 0.1) is 23.9 Å². The van der Waals surface area contributed by atoms with Crippen LogP contribution in [0, 0.1) is 12.8 Å². The molecule has 1 aromatic heterocycles. The summed E-state index contributed by atoms with van der Waals surface area (Å²) in [4.78, 5) is 18.3. The molecule has 0 radical (unpaired) electrons. The van der Waals surface area contributed by atoms with Crippen molar-refractivity contribution in [2.75, 3.05) is 13.1 Å². The van der Waals surface area contributed by atoms with Gasteiger partial charge in [-0.05, 0) is 37.1 Å². The molecule has 1 N–H and O–H groups in total. The predicted molar refractivity (Wildman–Crippen MR) is 103 cm³/mol. The van der Waals surface area contributed by atoms with Crippen LogP contribution in [0.1, 0.15) is 36.1 Å². The Kier molecular flexibility index (Phi) is 5.90. The Hall–Kier alpha value is -1.56. The van der Waals surface area contributed by atoms with Crippen LogP contribution >= 0.6 is 23.2 Å². The molecule has 3 rings (SSSR count). The lowest BCUT2D eigenvalue weighted by atomic mass is 10.0. The minimum absolute atomic E-state index is 0.337. The van der Waals surface area contributed by atoms with Crippen molar-refractivity contribution in [1.29, 1.82) is 0 Å². The van der Waals surface area contributed by atoms with Crippen LogP contribution in [0.4, 0.5) is 0 Å². The van der Waals surface area contributed by atoms with Crippen molar-refractivity contribution in [2.45, 2.75) is 39.8 Å². The quantitative estimate of drug-likeness (QED) is 0.802. The van der Waals surface area contributed by atoms with E-state index in [-0.39, 0.29) is 5.92 Å². The minimum atomic E-state index is -0.728. The van der Waals surface area contributed by atoms with Crippen LogP contribution in [0.5, 0.6) is 0 Å². The van der Waals surface area contributed by atoms with Gasteiger partial charge in [-0.25, -0.2) is 4.98 Å². The number of fused-ring (bicyclic) bond motifs is 1. The van der Waals surface area contributed by atoms with Crippen molar-refractivity contribution in [3.8, 4) is 0 Å². The van der Waals surface area contributed by atoms with E-state index >= 15 is 0 Å².